The van der Waals surface area contributed by atoms with Crippen LogP contribution < -0.4 is 0 Å². The molecule has 0 aliphatic heterocycles. The second kappa shape index (κ2) is 37.8. The molecule has 0 amide bonds. The molecule has 0 saturated heterocycles. The zero-order chi connectivity index (χ0) is 0. The van der Waals surface area contributed by atoms with Crippen LogP contribution in [0.4, 0.5) is 0 Å². The van der Waals surface area contributed by atoms with Gasteiger partial charge in [-0.3, -0.25) is 0 Å². The number of hydrogen-bond donors (Lipinski definition) is 0. The molecule has 0 N–H and O–H groups in total. The van der Waals surface area contributed by atoms with Gasteiger partial charge in [-0.2, -0.15) is 0 Å². The molecule has 0 aliphatic carbocycles. The molecule has 5 heavy (non-hydrogen) atoms. The molecule has 36 valence electrons. The molecule has 0 fully saturated rings. The van der Waals surface area contributed by atoms with Crippen LogP contribution >= 0.6 is 0 Å². The van der Waals surface area contributed by atoms with Crippen molar-refractivity contribution in [3.63, 3.8) is 0 Å². The van der Waals surface area contributed by atoms with E-state index in [1.807, 2.05) is 0 Å². The van der Waals surface area contributed by atoms with E-state index in [4.69, 9.17) is 0 Å². The van der Waals surface area contributed by atoms with Gasteiger partial charge in [-0.15, -0.1) is 0 Å². The summed E-state index contributed by atoms with van der Waals surface area (Å²) in [5.74, 6) is 0. The number of rotatable bonds is 0. The van der Waals surface area contributed by atoms with Gasteiger partial charge >= 0.3 is 62.7 Å². The average molecular weight is 338 g/mol. The Kier molecular flexibility index (Phi) is 480. The van der Waals surface area contributed by atoms with Crippen LogP contribution in [-0.2, 0) is 16.4 Å². The van der Waals surface area contributed by atoms with Crippen LogP contribution in [0.15, 0.2) is 0 Å². The quantitative estimate of drug-likeness (QED) is 0.558. The molecule has 0 aromatic carbocycles. The SMILES string of the molecule is [In+3].[Lu+3].[O-2].[O-2].[O-2]. The summed E-state index contributed by atoms with van der Waals surface area (Å²) in [6, 6.07) is 0. The fourth-order valence-electron chi connectivity index (χ4n) is 0. The average Bonchev–Trinajstić information content (AvgIpc) is 0. The third-order valence-corrected chi connectivity index (χ3v) is 0. The monoisotopic (exact) mass is 338 g/mol. The van der Waals surface area contributed by atoms with Crippen LogP contribution in [0.2, 0.25) is 0 Å². The van der Waals surface area contributed by atoms with Crippen molar-refractivity contribution < 1.29 is 53.3 Å². The standard InChI is InChI=1S/In.Lu.3O/q2*+3;3*-2. The molecule has 0 spiro atoms. The van der Waals surface area contributed by atoms with E-state index in [-0.39, 0.29) is 79.1 Å². The van der Waals surface area contributed by atoms with Crippen molar-refractivity contribution in [2.75, 3.05) is 0 Å². The Morgan fingerprint density at radius 1 is 0.600 bits per heavy atom. The van der Waals surface area contributed by atoms with Crippen LogP contribution in [-0.4, -0.2) is 25.8 Å². The normalized spacial score (nSPS) is 0. The van der Waals surface area contributed by atoms with Gasteiger partial charge in [0, 0.05) is 0 Å². The minimum absolute atomic E-state index is 0. The summed E-state index contributed by atoms with van der Waals surface area (Å²) in [5, 5.41) is 0. The van der Waals surface area contributed by atoms with E-state index in [9.17, 15) is 0 Å². The zero-order valence-corrected chi connectivity index (χ0v) is 7.01. The molecular weight excluding hydrogens is 338 g/mol. The molecule has 0 bridgehead atoms. The Bertz CT molecular complexity index is 6.85. The second-order valence-electron chi connectivity index (χ2n) is 0. The maximum absolute atomic E-state index is 0. The van der Waals surface area contributed by atoms with Crippen LogP contribution in [0.1, 0.15) is 0 Å². The maximum Gasteiger partial charge on any atom is 3.00 e. The Labute approximate surface area is 78.0 Å². The maximum atomic E-state index is 0. The van der Waals surface area contributed by atoms with Gasteiger partial charge in [0.1, 0.15) is 0 Å². The van der Waals surface area contributed by atoms with E-state index in [0.29, 0.717) is 0 Å². The minimum Gasteiger partial charge on any atom is -2.00 e. The Balaban J connectivity index is 0. The first-order chi connectivity index (χ1) is 0. The summed E-state index contributed by atoms with van der Waals surface area (Å²) in [5.41, 5.74) is 0. The fourth-order valence-corrected chi connectivity index (χ4v) is 0. The van der Waals surface area contributed by atoms with E-state index < -0.39 is 0 Å². The van der Waals surface area contributed by atoms with Gasteiger partial charge in [-0.25, -0.2) is 0 Å². The van der Waals surface area contributed by atoms with Gasteiger partial charge in [0.05, 0.1) is 0 Å². The van der Waals surface area contributed by atoms with Gasteiger partial charge < -0.3 is 16.4 Å². The molecule has 0 aromatic rings. The second-order valence-corrected chi connectivity index (χ2v) is 0. The molecule has 0 aliphatic rings. The van der Waals surface area contributed by atoms with Crippen molar-refractivity contribution in [3.8, 4) is 0 Å². The topological polar surface area (TPSA) is 85.5 Å². The van der Waals surface area contributed by atoms with Crippen molar-refractivity contribution in [1.82, 2.24) is 0 Å². The molecule has 0 atom stereocenters. The van der Waals surface area contributed by atoms with Crippen molar-refractivity contribution >= 4 is 25.8 Å². The molecule has 0 saturated carbocycles. The smallest absolute Gasteiger partial charge is 2.00 e. The molecule has 5 heteroatoms. The molecule has 0 unspecified atom stereocenters. The molecule has 3 nitrogen and oxygen atoms in total. The first-order valence-electron chi connectivity index (χ1n) is 0. The minimum atomic E-state index is 0. The summed E-state index contributed by atoms with van der Waals surface area (Å²) in [7, 11) is 0. The molecule has 0 radical (unpaired) electrons. The van der Waals surface area contributed by atoms with Crippen molar-refractivity contribution in [1.29, 1.82) is 0 Å². The van der Waals surface area contributed by atoms with E-state index in [1.54, 1.807) is 0 Å². The summed E-state index contributed by atoms with van der Waals surface area (Å²) >= 11 is 0. The van der Waals surface area contributed by atoms with Gasteiger partial charge in [-0.1, -0.05) is 0 Å². The Morgan fingerprint density at radius 2 is 0.600 bits per heavy atom. The van der Waals surface area contributed by atoms with Gasteiger partial charge in [-0.05, 0) is 0 Å². The van der Waals surface area contributed by atoms with E-state index in [1.165, 1.54) is 0 Å². The van der Waals surface area contributed by atoms with Gasteiger partial charge in [0.15, 0.2) is 0 Å². The fraction of sp³-hybridized carbons (Fsp3) is 0. The Hall–Kier alpha value is 1.98. The van der Waals surface area contributed by atoms with Crippen molar-refractivity contribution in [2.24, 2.45) is 0 Å². The predicted molar refractivity (Wildman–Crippen MR) is 7.81 cm³/mol. The van der Waals surface area contributed by atoms with Crippen LogP contribution in [0, 0.1) is 36.9 Å². The van der Waals surface area contributed by atoms with Crippen LogP contribution in [0.25, 0.3) is 0 Å². The van der Waals surface area contributed by atoms with Crippen LogP contribution in [0.5, 0.6) is 0 Å². The summed E-state index contributed by atoms with van der Waals surface area (Å²) in [4.78, 5) is 0. The molecule has 0 aromatic heterocycles. The van der Waals surface area contributed by atoms with Crippen molar-refractivity contribution in [3.05, 3.63) is 0 Å². The van der Waals surface area contributed by atoms with Gasteiger partial charge in [0.2, 0.25) is 0 Å². The third-order valence-electron chi connectivity index (χ3n) is 0. The third kappa shape index (κ3) is 24.1. The summed E-state index contributed by atoms with van der Waals surface area (Å²) in [6.45, 7) is 0. The van der Waals surface area contributed by atoms with Gasteiger partial charge in [0.25, 0.3) is 0 Å². The molecule has 0 heterocycles. The largest absolute Gasteiger partial charge is 3.00 e. The van der Waals surface area contributed by atoms with E-state index in [2.05, 4.69) is 0 Å². The molecular formula is InLuO3. The predicted octanol–water partition coefficient (Wildman–Crippen LogP) is -0.737. The summed E-state index contributed by atoms with van der Waals surface area (Å²) in [6.07, 6.45) is 0. The first-order valence-corrected chi connectivity index (χ1v) is 0. The van der Waals surface area contributed by atoms with Crippen molar-refractivity contribution in [2.45, 2.75) is 0 Å². The first kappa shape index (κ1) is 63.5. The molecule has 0 rings (SSSR count). The Morgan fingerprint density at radius 3 is 0.600 bits per heavy atom. The number of hydrogen-bond acceptors (Lipinski definition) is 0. The summed E-state index contributed by atoms with van der Waals surface area (Å²) < 4.78 is 0. The zero-order valence-electron chi connectivity index (χ0n) is 2.06. The van der Waals surface area contributed by atoms with E-state index in [0.717, 1.165) is 0 Å². The van der Waals surface area contributed by atoms with Crippen LogP contribution in [0.3, 0.4) is 0 Å². The van der Waals surface area contributed by atoms with E-state index >= 15 is 0 Å².